The number of aryl methyl sites for hydroxylation is 1. The zero-order valence-electron chi connectivity index (χ0n) is 11.5. The van der Waals surface area contributed by atoms with Gasteiger partial charge in [-0.1, -0.05) is 6.92 Å². The van der Waals surface area contributed by atoms with E-state index >= 15 is 0 Å². The standard InChI is InChI=1S/C13H24N2OS/c1-6-14-11(8-16-13(3,4)5)7-12-9-17-10(2)15-12/h9,11,14H,6-8H2,1-5H3. The van der Waals surface area contributed by atoms with Crippen molar-refractivity contribution in [2.24, 2.45) is 0 Å². The lowest BCUT2D eigenvalue weighted by Gasteiger charge is -2.24. The largest absolute Gasteiger partial charge is 0.374 e. The van der Waals surface area contributed by atoms with Crippen molar-refractivity contribution in [1.82, 2.24) is 10.3 Å². The molecule has 0 bridgehead atoms. The van der Waals surface area contributed by atoms with E-state index in [1.165, 1.54) is 0 Å². The van der Waals surface area contributed by atoms with Crippen molar-refractivity contribution in [3.8, 4) is 0 Å². The average molecular weight is 256 g/mol. The minimum Gasteiger partial charge on any atom is -0.374 e. The molecule has 0 aliphatic heterocycles. The van der Waals surface area contributed by atoms with Gasteiger partial charge in [0.1, 0.15) is 0 Å². The van der Waals surface area contributed by atoms with Gasteiger partial charge >= 0.3 is 0 Å². The number of aromatic nitrogens is 1. The second kappa shape index (κ2) is 6.47. The van der Waals surface area contributed by atoms with Crippen LogP contribution in [0.15, 0.2) is 5.38 Å². The van der Waals surface area contributed by atoms with E-state index in [9.17, 15) is 0 Å². The van der Waals surface area contributed by atoms with Gasteiger partial charge < -0.3 is 10.1 Å². The lowest BCUT2D eigenvalue weighted by Crippen LogP contribution is -2.38. The summed E-state index contributed by atoms with van der Waals surface area (Å²) in [5, 5.41) is 6.72. The summed E-state index contributed by atoms with van der Waals surface area (Å²) in [6, 6.07) is 0.348. The van der Waals surface area contributed by atoms with Crippen molar-refractivity contribution in [3.05, 3.63) is 16.1 Å². The molecule has 0 amide bonds. The second-order valence-corrected chi connectivity index (χ2v) is 6.30. The quantitative estimate of drug-likeness (QED) is 0.850. The number of thiazole rings is 1. The highest BCUT2D eigenvalue weighted by molar-refractivity contribution is 7.09. The molecule has 0 fully saturated rings. The van der Waals surface area contributed by atoms with E-state index in [0.717, 1.165) is 30.3 Å². The first-order valence-electron chi connectivity index (χ1n) is 6.19. The highest BCUT2D eigenvalue weighted by Gasteiger charge is 2.16. The van der Waals surface area contributed by atoms with Gasteiger partial charge in [0.2, 0.25) is 0 Å². The molecule has 1 atom stereocenters. The van der Waals surface area contributed by atoms with Crippen molar-refractivity contribution in [1.29, 1.82) is 0 Å². The van der Waals surface area contributed by atoms with E-state index < -0.39 is 0 Å². The number of rotatable bonds is 6. The average Bonchev–Trinajstić information content (AvgIpc) is 2.60. The highest BCUT2D eigenvalue weighted by atomic mass is 32.1. The summed E-state index contributed by atoms with van der Waals surface area (Å²) in [6.07, 6.45) is 0.939. The molecule has 0 saturated heterocycles. The van der Waals surface area contributed by atoms with Crippen LogP contribution in [0.3, 0.4) is 0 Å². The van der Waals surface area contributed by atoms with Gasteiger partial charge in [0, 0.05) is 17.8 Å². The van der Waals surface area contributed by atoms with Crippen molar-refractivity contribution < 1.29 is 4.74 Å². The molecule has 0 aliphatic carbocycles. The van der Waals surface area contributed by atoms with Gasteiger partial charge in [-0.25, -0.2) is 4.98 Å². The Hall–Kier alpha value is -0.450. The van der Waals surface area contributed by atoms with Gasteiger partial charge in [-0.2, -0.15) is 0 Å². The number of ether oxygens (including phenoxy) is 1. The fourth-order valence-electron chi connectivity index (χ4n) is 1.58. The van der Waals surface area contributed by atoms with Gasteiger partial charge in [0.05, 0.1) is 22.9 Å². The van der Waals surface area contributed by atoms with Gasteiger partial charge in [0.15, 0.2) is 0 Å². The predicted molar refractivity (Wildman–Crippen MR) is 73.7 cm³/mol. The lowest BCUT2D eigenvalue weighted by atomic mass is 10.1. The Bertz CT molecular complexity index is 330. The minimum absolute atomic E-state index is 0.0777. The number of likely N-dealkylation sites (N-methyl/N-ethyl adjacent to an activating group) is 1. The molecule has 1 aromatic rings. The summed E-state index contributed by atoms with van der Waals surface area (Å²) >= 11 is 1.71. The topological polar surface area (TPSA) is 34.1 Å². The molecule has 17 heavy (non-hydrogen) atoms. The molecule has 1 N–H and O–H groups in total. The van der Waals surface area contributed by atoms with Crippen molar-refractivity contribution in [2.45, 2.75) is 52.7 Å². The molecule has 1 rings (SSSR count). The Morgan fingerprint density at radius 1 is 1.47 bits per heavy atom. The molecular weight excluding hydrogens is 232 g/mol. The molecule has 0 aliphatic rings. The van der Waals surface area contributed by atoms with E-state index in [0.29, 0.717) is 6.04 Å². The zero-order valence-corrected chi connectivity index (χ0v) is 12.4. The molecule has 1 heterocycles. The summed E-state index contributed by atoms with van der Waals surface area (Å²) in [5.74, 6) is 0. The number of nitrogens with zero attached hydrogens (tertiary/aromatic N) is 1. The molecule has 1 aromatic heterocycles. The van der Waals surface area contributed by atoms with Crippen LogP contribution in [0.1, 0.15) is 38.4 Å². The Labute approximate surface area is 109 Å². The monoisotopic (exact) mass is 256 g/mol. The number of hydrogen-bond donors (Lipinski definition) is 1. The molecule has 1 unspecified atom stereocenters. The smallest absolute Gasteiger partial charge is 0.0897 e. The number of nitrogens with one attached hydrogen (secondary N) is 1. The Morgan fingerprint density at radius 2 is 2.18 bits per heavy atom. The van der Waals surface area contributed by atoms with Gasteiger partial charge in [-0.3, -0.25) is 0 Å². The van der Waals surface area contributed by atoms with Gasteiger partial charge in [-0.05, 0) is 34.2 Å². The summed E-state index contributed by atoms with van der Waals surface area (Å²) in [6.45, 7) is 12.1. The van der Waals surface area contributed by atoms with Crippen LogP contribution < -0.4 is 5.32 Å². The van der Waals surface area contributed by atoms with Crippen LogP contribution in [0.5, 0.6) is 0 Å². The maximum Gasteiger partial charge on any atom is 0.0897 e. The van der Waals surface area contributed by atoms with Crippen LogP contribution in [0.2, 0.25) is 0 Å². The molecular formula is C13H24N2OS. The first kappa shape index (κ1) is 14.6. The molecule has 0 aromatic carbocycles. The molecule has 0 radical (unpaired) electrons. The van der Waals surface area contributed by atoms with Crippen molar-refractivity contribution >= 4 is 11.3 Å². The van der Waals surface area contributed by atoms with Gasteiger partial charge in [-0.15, -0.1) is 11.3 Å². The van der Waals surface area contributed by atoms with E-state index in [-0.39, 0.29) is 5.60 Å². The van der Waals surface area contributed by atoms with Crippen LogP contribution in [0.4, 0.5) is 0 Å². The van der Waals surface area contributed by atoms with Crippen molar-refractivity contribution in [3.63, 3.8) is 0 Å². The molecule has 0 saturated carbocycles. The fraction of sp³-hybridized carbons (Fsp3) is 0.769. The normalized spacial score (nSPS) is 13.9. The fourth-order valence-corrected chi connectivity index (χ4v) is 2.21. The van der Waals surface area contributed by atoms with Crippen LogP contribution in [0.25, 0.3) is 0 Å². The third-order valence-electron chi connectivity index (χ3n) is 2.33. The predicted octanol–water partition coefficient (Wildman–Crippen LogP) is 2.79. The first-order chi connectivity index (χ1) is 7.90. The van der Waals surface area contributed by atoms with Crippen LogP contribution in [-0.2, 0) is 11.2 Å². The third kappa shape index (κ3) is 6.15. The Kier molecular flexibility index (Phi) is 5.56. The van der Waals surface area contributed by atoms with E-state index in [4.69, 9.17) is 4.74 Å². The van der Waals surface area contributed by atoms with Crippen LogP contribution in [-0.4, -0.2) is 29.8 Å². The summed E-state index contributed by atoms with van der Waals surface area (Å²) < 4.78 is 5.84. The Morgan fingerprint density at radius 3 is 2.65 bits per heavy atom. The zero-order chi connectivity index (χ0) is 12.9. The van der Waals surface area contributed by atoms with Crippen LogP contribution >= 0.6 is 11.3 Å². The number of hydrogen-bond acceptors (Lipinski definition) is 4. The first-order valence-corrected chi connectivity index (χ1v) is 7.07. The molecule has 98 valence electrons. The summed E-state index contributed by atoms with van der Waals surface area (Å²) in [7, 11) is 0. The summed E-state index contributed by atoms with van der Waals surface area (Å²) in [5.41, 5.74) is 1.09. The molecule has 0 spiro atoms. The van der Waals surface area contributed by atoms with Crippen molar-refractivity contribution in [2.75, 3.05) is 13.2 Å². The summed E-state index contributed by atoms with van der Waals surface area (Å²) in [4.78, 5) is 4.50. The maximum atomic E-state index is 5.84. The molecule has 4 heteroatoms. The highest BCUT2D eigenvalue weighted by Crippen LogP contribution is 2.12. The second-order valence-electron chi connectivity index (χ2n) is 5.24. The van der Waals surface area contributed by atoms with Crippen LogP contribution in [0, 0.1) is 6.92 Å². The molecule has 3 nitrogen and oxygen atoms in total. The maximum absolute atomic E-state index is 5.84. The lowest BCUT2D eigenvalue weighted by molar-refractivity contribution is -0.0142. The van der Waals surface area contributed by atoms with E-state index in [2.05, 4.69) is 43.4 Å². The Balaban J connectivity index is 2.48. The minimum atomic E-state index is -0.0777. The van der Waals surface area contributed by atoms with Gasteiger partial charge in [0.25, 0.3) is 0 Å². The SMILES string of the molecule is CCNC(COC(C)(C)C)Cc1csc(C)n1. The van der Waals surface area contributed by atoms with E-state index in [1.54, 1.807) is 11.3 Å². The van der Waals surface area contributed by atoms with E-state index in [1.807, 2.05) is 6.92 Å². The third-order valence-corrected chi connectivity index (χ3v) is 3.15.